The van der Waals surface area contributed by atoms with Crippen molar-refractivity contribution in [3.05, 3.63) is 70.9 Å². The Kier molecular flexibility index (Phi) is 16.6. The van der Waals surface area contributed by atoms with Gasteiger partial charge in [-0.05, 0) is 57.4 Å². The minimum absolute atomic E-state index is 0. The van der Waals surface area contributed by atoms with E-state index in [2.05, 4.69) is 22.2 Å². The summed E-state index contributed by atoms with van der Waals surface area (Å²) in [5, 5.41) is 3.19. The van der Waals surface area contributed by atoms with Gasteiger partial charge in [0.25, 0.3) is 0 Å². The van der Waals surface area contributed by atoms with Gasteiger partial charge in [0.2, 0.25) is 0 Å². The first kappa shape index (κ1) is 49.2. The van der Waals surface area contributed by atoms with Crippen LogP contribution in [0.2, 0.25) is 0 Å². The van der Waals surface area contributed by atoms with Crippen molar-refractivity contribution < 1.29 is 80.9 Å². The first-order valence-corrected chi connectivity index (χ1v) is 15.5. The molecule has 0 atom stereocenters. The molecule has 2 aromatic rings. The van der Waals surface area contributed by atoms with Gasteiger partial charge in [-0.3, -0.25) is 4.99 Å². The molecule has 0 fully saturated rings. The largest absolute Gasteiger partial charge is 2.00 e. The summed E-state index contributed by atoms with van der Waals surface area (Å²) in [5.41, 5.74) is -1.96. The van der Waals surface area contributed by atoms with Crippen molar-refractivity contribution in [2.24, 2.45) is 9.98 Å². The van der Waals surface area contributed by atoms with Crippen LogP contribution in [0.15, 0.2) is 46.4 Å². The standard InChI is InChI=1S/C32H34F14N3.C2H5.Zn/c1-15(2)19-11-9-12-20(16(3)4)23(19)47-25(27(33,34)29(37,38)31(41,42)43)49-26(28(35,36)30(39,40)32(44,45)46)48-24-21(17(5)6)13-10-14-22(24)18(7)8;1-2;/h9-18H,1-8H3;1H2,2H3;/q2*-1;+2. The van der Waals surface area contributed by atoms with E-state index in [9.17, 15) is 43.9 Å². The van der Waals surface area contributed by atoms with E-state index in [1.807, 2.05) is 0 Å². The van der Waals surface area contributed by atoms with Gasteiger partial charge in [0.1, 0.15) is 5.84 Å². The van der Waals surface area contributed by atoms with Crippen LogP contribution in [0.25, 0.3) is 5.32 Å². The molecule has 3 nitrogen and oxygen atoms in total. The maximum Gasteiger partial charge on any atom is 2.00 e. The smallest absolute Gasteiger partial charge is 0.434 e. The van der Waals surface area contributed by atoms with Crippen LogP contribution in [-0.4, -0.2) is 47.7 Å². The van der Waals surface area contributed by atoms with Gasteiger partial charge in [-0.25, -0.2) is 0 Å². The van der Waals surface area contributed by atoms with Gasteiger partial charge in [-0.15, -0.1) is 0 Å². The zero-order valence-electron chi connectivity index (χ0n) is 29.8. The first-order chi connectivity index (χ1) is 22.9. The predicted molar refractivity (Wildman–Crippen MR) is 170 cm³/mol. The number of amidine groups is 2. The van der Waals surface area contributed by atoms with Crippen LogP contribution in [-0.2, 0) is 19.5 Å². The molecule has 0 saturated heterocycles. The van der Waals surface area contributed by atoms with Crippen LogP contribution < -0.4 is 0 Å². The molecule has 0 N–H and O–H groups in total. The number of aliphatic imine (C=N–C) groups is 2. The van der Waals surface area contributed by atoms with Crippen molar-refractivity contribution in [2.75, 3.05) is 0 Å². The summed E-state index contributed by atoms with van der Waals surface area (Å²) in [6.45, 7) is 16.3. The van der Waals surface area contributed by atoms with E-state index in [4.69, 9.17) is 0 Å². The summed E-state index contributed by atoms with van der Waals surface area (Å²) in [4.78, 5) is 5.60. The van der Waals surface area contributed by atoms with Gasteiger partial charge in [0.05, 0.1) is 5.69 Å². The molecule has 18 heteroatoms. The third-order valence-electron chi connectivity index (χ3n) is 7.39. The molecule has 0 saturated carbocycles. The third kappa shape index (κ3) is 9.85. The maximum absolute atomic E-state index is 15.5. The Balaban J connectivity index is 0.00000851. The number of rotatable bonds is 10. The van der Waals surface area contributed by atoms with E-state index in [-0.39, 0.29) is 41.7 Å². The summed E-state index contributed by atoms with van der Waals surface area (Å²) < 4.78 is 201. The van der Waals surface area contributed by atoms with Gasteiger partial charge in [-0.1, -0.05) is 91.8 Å². The number of nitrogens with zero attached hydrogens (tertiary/aromatic N) is 3. The van der Waals surface area contributed by atoms with E-state index in [0.29, 0.717) is 0 Å². The molecule has 0 amide bonds. The molecular weight excluding hydrogens is 782 g/mol. The Morgan fingerprint density at radius 3 is 1.15 bits per heavy atom. The Labute approximate surface area is 306 Å². The Morgan fingerprint density at radius 1 is 0.538 bits per heavy atom. The van der Waals surface area contributed by atoms with E-state index in [1.54, 1.807) is 6.92 Å². The normalized spacial score (nSPS) is 14.2. The maximum atomic E-state index is 15.5. The molecule has 2 rings (SSSR count). The van der Waals surface area contributed by atoms with Gasteiger partial charge in [0, 0.05) is 0 Å². The molecule has 0 unspecified atom stereocenters. The Bertz CT molecular complexity index is 1490. The number of alkyl halides is 14. The van der Waals surface area contributed by atoms with Crippen molar-refractivity contribution in [3.8, 4) is 0 Å². The number of hydrogen-bond donors (Lipinski definition) is 0. The molecule has 0 spiro atoms. The second-order valence-electron chi connectivity index (χ2n) is 12.5. The van der Waals surface area contributed by atoms with E-state index < -0.39 is 82.8 Å². The molecule has 0 aliphatic heterocycles. The number of halogens is 14. The van der Waals surface area contributed by atoms with Crippen LogP contribution in [0.1, 0.15) is 108 Å². The molecule has 0 aliphatic rings. The second-order valence-corrected chi connectivity index (χ2v) is 12.5. The minimum Gasteiger partial charge on any atom is -0.434 e. The van der Waals surface area contributed by atoms with Crippen molar-refractivity contribution in [1.82, 2.24) is 0 Å². The predicted octanol–water partition coefficient (Wildman–Crippen LogP) is 13.8. The van der Waals surface area contributed by atoms with Crippen LogP contribution in [0.4, 0.5) is 72.8 Å². The van der Waals surface area contributed by atoms with Gasteiger partial charge < -0.3 is 17.2 Å². The SMILES string of the molecule is CC(C)c1cccc(C(C)C)c1N=C(N=C([N-]c1c(C(C)C)cccc1C(C)C)C(F)(F)C(F)(F)C(F)(F)F)C(F)(F)C(F)(F)C(F)(F)F.[CH2-]C.[Zn+2]. The second kappa shape index (κ2) is 17.6. The van der Waals surface area contributed by atoms with E-state index in [1.165, 1.54) is 91.8 Å². The molecule has 290 valence electrons. The minimum atomic E-state index is -7.15. The molecule has 52 heavy (non-hydrogen) atoms. The Morgan fingerprint density at radius 2 is 0.846 bits per heavy atom. The third-order valence-corrected chi connectivity index (χ3v) is 7.39. The molecule has 2 aromatic carbocycles. The number of hydrogen-bond acceptors (Lipinski definition) is 1. The van der Waals surface area contributed by atoms with Crippen LogP contribution in [0.5, 0.6) is 0 Å². The molecule has 0 radical (unpaired) electrons. The average Bonchev–Trinajstić information content (AvgIpc) is 2.99. The molecule has 0 heterocycles. The zero-order valence-corrected chi connectivity index (χ0v) is 32.8. The quantitative estimate of drug-likeness (QED) is 0.0753. The van der Waals surface area contributed by atoms with Crippen LogP contribution in [0, 0.1) is 6.92 Å². The van der Waals surface area contributed by atoms with Gasteiger partial charge >= 0.3 is 55.5 Å². The Hall–Kier alpha value is -2.78. The summed E-state index contributed by atoms with van der Waals surface area (Å²) in [5.74, 6) is -37.0. The zero-order chi connectivity index (χ0) is 40.3. The van der Waals surface area contributed by atoms with Crippen molar-refractivity contribution in [1.29, 1.82) is 0 Å². The number of benzene rings is 2. The van der Waals surface area contributed by atoms with Gasteiger partial charge in [-0.2, -0.15) is 68.4 Å². The van der Waals surface area contributed by atoms with E-state index in [0.717, 1.165) is 0 Å². The summed E-state index contributed by atoms with van der Waals surface area (Å²) >= 11 is 0. The summed E-state index contributed by atoms with van der Waals surface area (Å²) in [6, 6.07) is 7.41. The summed E-state index contributed by atoms with van der Waals surface area (Å²) in [6.07, 6.45) is -14.2. The average molecular weight is 821 g/mol. The molecule has 0 bridgehead atoms. The van der Waals surface area contributed by atoms with Crippen molar-refractivity contribution in [3.63, 3.8) is 0 Å². The monoisotopic (exact) mass is 819 g/mol. The van der Waals surface area contributed by atoms with Gasteiger partial charge in [0.15, 0.2) is 0 Å². The summed E-state index contributed by atoms with van der Waals surface area (Å²) in [7, 11) is 0. The van der Waals surface area contributed by atoms with Crippen molar-refractivity contribution >= 4 is 23.0 Å². The first-order valence-electron chi connectivity index (χ1n) is 15.5. The van der Waals surface area contributed by atoms with E-state index >= 15 is 17.6 Å². The molecule has 0 aromatic heterocycles. The molecular formula is C34H39F14N3Zn. The fourth-order valence-corrected chi connectivity index (χ4v) is 4.56. The number of para-hydroxylation sites is 2. The van der Waals surface area contributed by atoms with Crippen molar-refractivity contribution in [2.45, 2.75) is 122 Å². The fraction of sp³-hybridized carbons (Fsp3) is 0.559. The fourth-order valence-electron chi connectivity index (χ4n) is 4.56. The van der Waals surface area contributed by atoms with Crippen LogP contribution >= 0.6 is 0 Å². The molecule has 0 aliphatic carbocycles. The topological polar surface area (TPSA) is 38.8 Å². The van der Waals surface area contributed by atoms with Crippen LogP contribution in [0.3, 0.4) is 0 Å².